The van der Waals surface area contributed by atoms with Crippen LogP contribution in [0.25, 0.3) is 11.0 Å². The number of fused-ring (bicyclic) bond motifs is 3. The van der Waals surface area contributed by atoms with Crippen molar-refractivity contribution in [3.05, 3.63) is 52.5 Å². The fourth-order valence-corrected chi connectivity index (χ4v) is 3.23. The lowest BCUT2D eigenvalue weighted by Crippen LogP contribution is -2.31. The molecule has 0 bridgehead atoms. The van der Waals surface area contributed by atoms with Crippen molar-refractivity contribution in [2.75, 3.05) is 5.32 Å². The van der Waals surface area contributed by atoms with Gasteiger partial charge in [0.1, 0.15) is 5.75 Å². The molecular formula is C16H12BrF2N5O. The van der Waals surface area contributed by atoms with Crippen molar-refractivity contribution in [3.63, 3.8) is 0 Å². The Kier molecular flexibility index (Phi) is 3.79. The number of hydrogen-bond donors (Lipinski definition) is 2. The van der Waals surface area contributed by atoms with Crippen LogP contribution < -0.4 is 15.8 Å². The summed E-state index contributed by atoms with van der Waals surface area (Å²) in [4.78, 5) is 8.87. The van der Waals surface area contributed by atoms with Gasteiger partial charge in [-0.25, -0.2) is 9.98 Å². The molecule has 0 radical (unpaired) electrons. The maximum atomic E-state index is 12.8. The van der Waals surface area contributed by atoms with Crippen LogP contribution in [0, 0.1) is 0 Å². The lowest BCUT2D eigenvalue weighted by molar-refractivity contribution is -0.0506. The van der Waals surface area contributed by atoms with Gasteiger partial charge in [-0.3, -0.25) is 9.88 Å². The molecule has 6 nitrogen and oxygen atoms in total. The van der Waals surface area contributed by atoms with E-state index in [1.807, 2.05) is 24.3 Å². The number of nitrogens with two attached hydrogens (primary N) is 1. The van der Waals surface area contributed by atoms with Crippen molar-refractivity contribution in [2.45, 2.75) is 12.8 Å². The van der Waals surface area contributed by atoms with Crippen LogP contribution >= 0.6 is 15.9 Å². The lowest BCUT2D eigenvalue weighted by atomic mass is 10.1. The summed E-state index contributed by atoms with van der Waals surface area (Å²) in [6, 6.07) is 12.2. The average Bonchev–Trinajstić information content (AvgIpc) is 2.93. The summed E-state index contributed by atoms with van der Waals surface area (Å²) in [5.74, 6) is 0.669. The van der Waals surface area contributed by atoms with Crippen LogP contribution in [-0.4, -0.2) is 22.1 Å². The van der Waals surface area contributed by atoms with Crippen LogP contribution in [0.4, 0.5) is 14.7 Å². The molecule has 3 N–H and O–H groups in total. The number of anilines is 1. The third kappa shape index (κ3) is 2.80. The molecule has 9 heteroatoms. The molecule has 25 heavy (non-hydrogen) atoms. The van der Waals surface area contributed by atoms with E-state index in [-0.39, 0.29) is 11.7 Å². The van der Waals surface area contributed by atoms with E-state index in [2.05, 4.69) is 36.0 Å². The number of rotatable bonds is 3. The molecule has 0 fully saturated rings. The van der Waals surface area contributed by atoms with E-state index >= 15 is 0 Å². The van der Waals surface area contributed by atoms with E-state index in [0.717, 1.165) is 11.0 Å². The highest BCUT2D eigenvalue weighted by Gasteiger charge is 2.28. The molecule has 0 saturated heterocycles. The molecule has 1 aliphatic heterocycles. The molecule has 2 heterocycles. The highest BCUT2D eigenvalue weighted by atomic mass is 79.9. The average molecular weight is 408 g/mol. The van der Waals surface area contributed by atoms with E-state index in [1.54, 1.807) is 16.7 Å². The molecule has 1 atom stereocenters. The molecule has 1 unspecified atom stereocenters. The Bertz CT molecular complexity index is 988. The van der Waals surface area contributed by atoms with Crippen LogP contribution in [0.3, 0.4) is 0 Å². The number of guanidine groups is 1. The normalized spacial score (nSPS) is 16.5. The van der Waals surface area contributed by atoms with Crippen molar-refractivity contribution in [3.8, 4) is 5.75 Å². The Morgan fingerprint density at radius 3 is 2.84 bits per heavy atom. The molecule has 1 aromatic heterocycles. The molecule has 1 aliphatic rings. The molecule has 0 spiro atoms. The summed E-state index contributed by atoms with van der Waals surface area (Å²) in [5.41, 5.74) is 7.86. The van der Waals surface area contributed by atoms with Crippen molar-refractivity contribution < 1.29 is 13.5 Å². The van der Waals surface area contributed by atoms with Gasteiger partial charge < -0.3 is 10.5 Å². The third-order valence-corrected chi connectivity index (χ3v) is 4.30. The zero-order valence-electron chi connectivity index (χ0n) is 12.7. The smallest absolute Gasteiger partial charge is 0.387 e. The SMILES string of the molecule is NC1=NC(c2cc(Br)ccc2OC(F)F)n2c(nc3ccccc32)N1. The second kappa shape index (κ2) is 5.99. The summed E-state index contributed by atoms with van der Waals surface area (Å²) in [6.07, 6.45) is -0.685. The number of aromatic nitrogens is 2. The summed E-state index contributed by atoms with van der Waals surface area (Å²) >= 11 is 3.36. The summed E-state index contributed by atoms with van der Waals surface area (Å²) < 4.78 is 32.8. The van der Waals surface area contributed by atoms with Gasteiger partial charge in [-0.1, -0.05) is 28.1 Å². The number of alkyl halides is 2. The standard InChI is InChI=1S/C16H12BrF2N5O/c17-8-5-6-12(25-14(18)19)9(7-8)13-22-15(20)23-16-21-10-3-1-2-4-11(10)24(13)16/h1-7,13-14H,(H3,20,21,22,23). The first-order chi connectivity index (χ1) is 12.0. The van der Waals surface area contributed by atoms with Crippen LogP contribution in [0.15, 0.2) is 51.9 Å². The van der Waals surface area contributed by atoms with E-state index in [4.69, 9.17) is 5.73 Å². The minimum absolute atomic E-state index is 0.0328. The Balaban J connectivity index is 1.94. The number of benzene rings is 2. The minimum atomic E-state index is -2.94. The summed E-state index contributed by atoms with van der Waals surface area (Å²) in [7, 11) is 0. The highest BCUT2D eigenvalue weighted by molar-refractivity contribution is 9.10. The molecule has 0 aliphatic carbocycles. The topological polar surface area (TPSA) is 77.5 Å². The first-order valence-corrected chi connectivity index (χ1v) is 8.14. The number of hydrogen-bond acceptors (Lipinski definition) is 5. The summed E-state index contributed by atoms with van der Waals surface area (Å²) in [5, 5.41) is 2.90. The van der Waals surface area contributed by atoms with Crippen LogP contribution in [-0.2, 0) is 0 Å². The van der Waals surface area contributed by atoms with Gasteiger partial charge >= 0.3 is 6.61 Å². The lowest BCUT2D eigenvalue weighted by Gasteiger charge is -2.25. The van der Waals surface area contributed by atoms with E-state index in [9.17, 15) is 8.78 Å². The second-order valence-corrected chi connectivity index (χ2v) is 6.28. The fraction of sp³-hybridized carbons (Fsp3) is 0.125. The van der Waals surface area contributed by atoms with Crippen LogP contribution in [0.2, 0.25) is 0 Å². The highest BCUT2D eigenvalue weighted by Crippen LogP contribution is 2.38. The largest absolute Gasteiger partial charge is 0.434 e. The molecule has 128 valence electrons. The maximum absolute atomic E-state index is 12.8. The number of nitrogens with one attached hydrogen (secondary N) is 1. The Hall–Kier alpha value is -2.68. The van der Waals surface area contributed by atoms with Gasteiger partial charge in [0, 0.05) is 10.0 Å². The van der Waals surface area contributed by atoms with Gasteiger partial charge in [-0.05, 0) is 30.3 Å². The molecule has 3 aromatic rings. The van der Waals surface area contributed by atoms with E-state index < -0.39 is 12.8 Å². The van der Waals surface area contributed by atoms with Gasteiger partial charge in [0.15, 0.2) is 12.1 Å². The zero-order chi connectivity index (χ0) is 17.6. The van der Waals surface area contributed by atoms with Crippen molar-refractivity contribution in [1.82, 2.24) is 9.55 Å². The Morgan fingerprint density at radius 1 is 1.24 bits per heavy atom. The second-order valence-electron chi connectivity index (χ2n) is 5.37. The quantitative estimate of drug-likeness (QED) is 0.693. The van der Waals surface area contributed by atoms with E-state index in [1.165, 1.54) is 6.07 Å². The van der Waals surface area contributed by atoms with Crippen molar-refractivity contribution >= 4 is 38.9 Å². The Morgan fingerprint density at radius 2 is 2.04 bits per heavy atom. The number of nitrogens with zero attached hydrogens (tertiary/aromatic N) is 3. The molecule has 4 rings (SSSR count). The first kappa shape index (κ1) is 15.8. The van der Waals surface area contributed by atoms with Crippen molar-refractivity contribution in [2.24, 2.45) is 10.7 Å². The predicted molar refractivity (Wildman–Crippen MR) is 93.9 cm³/mol. The zero-order valence-corrected chi connectivity index (χ0v) is 14.2. The number of ether oxygens (including phenoxy) is 1. The predicted octanol–water partition coefficient (Wildman–Crippen LogP) is 3.69. The number of imidazole rings is 1. The van der Waals surface area contributed by atoms with Gasteiger partial charge in [0.05, 0.1) is 11.0 Å². The molecule has 2 aromatic carbocycles. The summed E-state index contributed by atoms with van der Waals surface area (Å²) in [6.45, 7) is -2.94. The van der Waals surface area contributed by atoms with Gasteiger partial charge in [0.2, 0.25) is 5.95 Å². The first-order valence-electron chi connectivity index (χ1n) is 7.34. The number of halogens is 3. The van der Waals surface area contributed by atoms with Gasteiger partial charge in [-0.2, -0.15) is 8.78 Å². The van der Waals surface area contributed by atoms with Crippen LogP contribution in [0.5, 0.6) is 5.75 Å². The fourth-order valence-electron chi connectivity index (χ4n) is 2.85. The minimum Gasteiger partial charge on any atom is -0.434 e. The molecular weight excluding hydrogens is 396 g/mol. The van der Waals surface area contributed by atoms with E-state index in [0.29, 0.717) is 16.0 Å². The molecule has 0 amide bonds. The van der Waals surface area contributed by atoms with Crippen LogP contribution in [0.1, 0.15) is 11.7 Å². The van der Waals surface area contributed by atoms with Crippen molar-refractivity contribution in [1.29, 1.82) is 0 Å². The maximum Gasteiger partial charge on any atom is 0.387 e. The monoisotopic (exact) mass is 407 g/mol. The number of para-hydroxylation sites is 2. The van der Waals surface area contributed by atoms with Gasteiger partial charge in [0.25, 0.3) is 0 Å². The Labute approximate surface area is 149 Å². The molecule has 0 saturated carbocycles. The number of aliphatic imine (C=N–C) groups is 1. The third-order valence-electron chi connectivity index (χ3n) is 3.81. The van der Waals surface area contributed by atoms with Gasteiger partial charge in [-0.15, -0.1) is 0 Å².